The second kappa shape index (κ2) is 6.42. The second-order valence-electron chi connectivity index (χ2n) is 7.09. The van der Waals surface area contributed by atoms with Crippen molar-refractivity contribution in [3.63, 3.8) is 0 Å². The molecule has 1 unspecified atom stereocenters. The zero-order valence-corrected chi connectivity index (χ0v) is 14.4. The molecule has 24 heavy (non-hydrogen) atoms. The number of amides is 1. The van der Waals surface area contributed by atoms with Crippen molar-refractivity contribution in [2.75, 3.05) is 24.5 Å². The fourth-order valence-corrected chi connectivity index (χ4v) is 4.19. The highest BCUT2D eigenvalue weighted by atomic mass is 16.2. The number of carbonyl (C=O) groups is 1. The Kier molecular flexibility index (Phi) is 4.13. The molecule has 2 saturated heterocycles. The molecule has 4 heteroatoms. The van der Waals surface area contributed by atoms with Gasteiger partial charge in [-0.05, 0) is 44.7 Å². The van der Waals surface area contributed by atoms with E-state index in [9.17, 15) is 4.79 Å². The lowest BCUT2D eigenvalue weighted by molar-refractivity contribution is -0.135. The summed E-state index contributed by atoms with van der Waals surface area (Å²) in [6.45, 7) is 5.00. The van der Waals surface area contributed by atoms with Crippen LogP contribution in [0.2, 0.25) is 0 Å². The van der Waals surface area contributed by atoms with Crippen molar-refractivity contribution in [1.82, 2.24) is 9.88 Å². The van der Waals surface area contributed by atoms with Crippen LogP contribution in [0.25, 0.3) is 10.9 Å². The Labute approximate surface area is 143 Å². The average Bonchev–Trinajstić information content (AvgIpc) is 2.61. The van der Waals surface area contributed by atoms with E-state index in [1.54, 1.807) is 0 Å². The molecule has 1 aromatic heterocycles. The number of carbonyl (C=O) groups excluding carboxylic acids is 1. The number of likely N-dealkylation sites (tertiary alicyclic amines) is 1. The first-order valence-corrected chi connectivity index (χ1v) is 9.13. The number of rotatable bonds is 2. The van der Waals surface area contributed by atoms with Gasteiger partial charge < -0.3 is 9.80 Å². The normalized spacial score (nSPS) is 22.2. The Morgan fingerprint density at radius 2 is 2.00 bits per heavy atom. The highest BCUT2D eigenvalue weighted by Gasteiger charge is 2.30. The van der Waals surface area contributed by atoms with Crippen molar-refractivity contribution < 1.29 is 4.79 Å². The summed E-state index contributed by atoms with van der Waals surface area (Å²) in [4.78, 5) is 21.6. The molecule has 0 aliphatic carbocycles. The van der Waals surface area contributed by atoms with Crippen LogP contribution < -0.4 is 4.90 Å². The van der Waals surface area contributed by atoms with Gasteiger partial charge in [-0.1, -0.05) is 18.2 Å². The fraction of sp³-hybridized carbons (Fsp3) is 0.500. The average molecular weight is 323 g/mol. The molecule has 2 fully saturated rings. The van der Waals surface area contributed by atoms with Gasteiger partial charge >= 0.3 is 0 Å². The summed E-state index contributed by atoms with van der Waals surface area (Å²) >= 11 is 0. The monoisotopic (exact) mass is 323 g/mol. The van der Waals surface area contributed by atoms with Gasteiger partial charge in [-0.15, -0.1) is 0 Å². The number of fused-ring (bicyclic) bond motifs is 1. The summed E-state index contributed by atoms with van der Waals surface area (Å²) in [7, 11) is 0. The molecule has 1 atom stereocenters. The Morgan fingerprint density at radius 1 is 1.12 bits per heavy atom. The summed E-state index contributed by atoms with van der Waals surface area (Å²) in [5.41, 5.74) is 3.39. The number of pyridine rings is 1. The van der Waals surface area contributed by atoms with E-state index in [2.05, 4.69) is 46.0 Å². The van der Waals surface area contributed by atoms with Crippen LogP contribution in [0.4, 0.5) is 5.69 Å². The molecule has 0 spiro atoms. The van der Waals surface area contributed by atoms with E-state index in [0.717, 1.165) is 62.9 Å². The van der Waals surface area contributed by atoms with Gasteiger partial charge in [0.15, 0.2) is 0 Å². The zero-order valence-electron chi connectivity index (χ0n) is 14.4. The van der Waals surface area contributed by atoms with E-state index in [1.165, 1.54) is 11.1 Å². The van der Waals surface area contributed by atoms with E-state index in [0.29, 0.717) is 11.9 Å². The van der Waals surface area contributed by atoms with Gasteiger partial charge in [0.1, 0.15) is 0 Å². The SMILES string of the molecule is Cc1cc(N2CCCC(N3CCCCC3=O)C2)c2ccccc2n1. The molecule has 2 aromatic rings. The largest absolute Gasteiger partial charge is 0.369 e. The van der Waals surface area contributed by atoms with Crippen molar-refractivity contribution >= 4 is 22.5 Å². The van der Waals surface area contributed by atoms with Crippen LogP contribution in [-0.4, -0.2) is 41.5 Å². The quantitative estimate of drug-likeness (QED) is 0.848. The van der Waals surface area contributed by atoms with Crippen LogP contribution in [0.3, 0.4) is 0 Å². The number of piperidine rings is 2. The van der Waals surface area contributed by atoms with Crippen molar-refractivity contribution in [2.24, 2.45) is 0 Å². The third kappa shape index (κ3) is 2.85. The Balaban J connectivity index is 1.63. The predicted octanol–water partition coefficient (Wildman–Crippen LogP) is 3.52. The van der Waals surface area contributed by atoms with Gasteiger partial charge in [-0.2, -0.15) is 0 Å². The minimum absolute atomic E-state index is 0.351. The van der Waals surface area contributed by atoms with Crippen molar-refractivity contribution in [1.29, 1.82) is 0 Å². The molecule has 126 valence electrons. The third-order valence-electron chi connectivity index (χ3n) is 5.36. The topological polar surface area (TPSA) is 36.4 Å². The summed E-state index contributed by atoms with van der Waals surface area (Å²) < 4.78 is 0. The number of hydrogen-bond donors (Lipinski definition) is 0. The summed E-state index contributed by atoms with van der Waals surface area (Å²) in [5.74, 6) is 0.351. The number of nitrogens with zero attached hydrogens (tertiary/aromatic N) is 3. The van der Waals surface area contributed by atoms with E-state index in [1.807, 2.05) is 6.07 Å². The number of benzene rings is 1. The minimum atomic E-state index is 0.351. The number of aryl methyl sites for hydroxylation is 1. The molecule has 0 N–H and O–H groups in total. The predicted molar refractivity (Wildman–Crippen MR) is 97.3 cm³/mol. The van der Waals surface area contributed by atoms with Gasteiger partial charge in [-0.3, -0.25) is 9.78 Å². The van der Waals surface area contributed by atoms with Crippen LogP contribution in [-0.2, 0) is 4.79 Å². The molecule has 0 saturated carbocycles. The smallest absolute Gasteiger partial charge is 0.222 e. The molecule has 0 radical (unpaired) electrons. The van der Waals surface area contributed by atoms with Crippen molar-refractivity contribution in [3.05, 3.63) is 36.0 Å². The maximum atomic E-state index is 12.3. The first kappa shape index (κ1) is 15.4. The Bertz CT molecular complexity index is 758. The number of hydrogen-bond acceptors (Lipinski definition) is 3. The van der Waals surface area contributed by atoms with Gasteiger partial charge in [-0.25, -0.2) is 0 Å². The van der Waals surface area contributed by atoms with E-state index in [-0.39, 0.29) is 0 Å². The van der Waals surface area contributed by atoms with Crippen molar-refractivity contribution in [2.45, 2.75) is 45.1 Å². The fourth-order valence-electron chi connectivity index (χ4n) is 4.19. The van der Waals surface area contributed by atoms with Crippen LogP contribution >= 0.6 is 0 Å². The van der Waals surface area contributed by atoms with E-state index < -0.39 is 0 Å². The lowest BCUT2D eigenvalue weighted by atomic mass is 9.99. The summed E-state index contributed by atoms with van der Waals surface area (Å²) in [6, 6.07) is 10.9. The molecule has 3 heterocycles. The van der Waals surface area contributed by atoms with Gasteiger partial charge in [0, 0.05) is 48.9 Å². The number of anilines is 1. The van der Waals surface area contributed by atoms with Crippen LogP contribution in [0.15, 0.2) is 30.3 Å². The number of aromatic nitrogens is 1. The first-order chi connectivity index (χ1) is 11.7. The minimum Gasteiger partial charge on any atom is -0.369 e. The molecule has 1 amide bonds. The van der Waals surface area contributed by atoms with Crippen LogP contribution in [0.5, 0.6) is 0 Å². The van der Waals surface area contributed by atoms with Gasteiger partial charge in [0.25, 0.3) is 0 Å². The molecule has 2 aliphatic heterocycles. The Hall–Kier alpha value is -2.10. The molecule has 2 aliphatic rings. The summed E-state index contributed by atoms with van der Waals surface area (Å²) in [6.07, 6.45) is 5.21. The number of para-hydroxylation sites is 1. The lowest BCUT2D eigenvalue weighted by Crippen LogP contribution is -2.51. The highest BCUT2D eigenvalue weighted by Crippen LogP contribution is 2.30. The molecule has 0 bridgehead atoms. The highest BCUT2D eigenvalue weighted by molar-refractivity contribution is 5.92. The lowest BCUT2D eigenvalue weighted by Gasteiger charge is -2.42. The molecular formula is C20H25N3O. The molecule has 1 aromatic carbocycles. The van der Waals surface area contributed by atoms with E-state index >= 15 is 0 Å². The zero-order chi connectivity index (χ0) is 16.5. The van der Waals surface area contributed by atoms with Gasteiger partial charge in [0.2, 0.25) is 5.91 Å². The molecule has 4 rings (SSSR count). The maximum absolute atomic E-state index is 12.3. The summed E-state index contributed by atoms with van der Waals surface area (Å²) in [5, 5.41) is 1.22. The van der Waals surface area contributed by atoms with Crippen molar-refractivity contribution in [3.8, 4) is 0 Å². The standard InChI is InChI=1S/C20H25N3O/c1-15-13-19(17-8-2-3-9-18(17)21-15)22-11-6-7-16(14-22)23-12-5-4-10-20(23)24/h2-3,8-9,13,16H,4-7,10-12,14H2,1H3. The van der Waals surface area contributed by atoms with E-state index in [4.69, 9.17) is 0 Å². The van der Waals surface area contributed by atoms with Crippen LogP contribution in [0, 0.1) is 6.92 Å². The first-order valence-electron chi connectivity index (χ1n) is 9.13. The third-order valence-corrected chi connectivity index (χ3v) is 5.36. The molecule has 4 nitrogen and oxygen atoms in total. The van der Waals surface area contributed by atoms with Crippen LogP contribution in [0.1, 0.15) is 37.8 Å². The maximum Gasteiger partial charge on any atom is 0.222 e. The Morgan fingerprint density at radius 3 is 2.88 bits per heavy atom. The van der Waals surface area contributed by atoms with Gasteiger partial charge in [0.05, 0.1) is 5.52 Å². The second-order valence-corrected chi connectivity index (χ2v) is 7.09. The molecular weight excluding hydrogens is 298 g/mol.